The summed E-state index contributed by atoms with van der Waals surface area (Å²) in [5, 5.41) is 3.00. The van der Waals surface area contributed by atoms with Crippen molar-refractivity contribution < 1.29 is 4.39 Å². The fourth-order valence-corrected chi connectivity index (χ4v) is 1.27. The monoisotopic (exact) mass is 218 g/mol. The molecule has 0 aliphatic rings. The van der Waals surface area contributed by atoms with E-state index in [-0.39, 0.29) is 0 Å². The van der Waals surface area contributed by atoms with E-state index in [1.165, 1.54) is 0 Å². The molecule has 2 aromatic heterocycles. The fraction of sp³-hybridized carbons (Fsp3) is 0.182. The number of hydrogen-bond donors (Lipinski definition) is 1. The van der Waals surface area contributed by atoms with Gasteiger partial charge in [-0.05, 0) is 18.1 Å². The van der Waals surface area contributed by atoms with E-state index in [9.17, 15) is 4.39 Å². The highest BCUT2D eigenvalue weighted by atomic mass is 19.1. The van der Waals surface area contributed by atoms with E-state index in [1.807, 2.05) is 18.3 Å². The van der Waals surface area contributed by atoms with Crippen LogP contribution in [0.15, 0.2) is 36.9 Å². The number of nitrogens with zero attached hydrogens (tertiary/aromatic N) is 3. The topological polar surface area (TPSA) is 50.7 Å². The molecule has 0 aliphatic heterocycles. The maximum Gasteiger partial charge on any atom is 0.222 e. The van der Waals surface area contributed by atoms with Crippen molar-refractivity contribution >= 4 is 5.95 Å². The number of pyridine rings is 1. The minimum atomic E-state index is -0.433. The van der Waals surface area contributed by atoms with Crippen LogP contribution < -0.4 is 5.32 Å². The number of anilines is 1. The maximum absolute atomic E-state index is 12.5. The maximum atomic E-state index is 12.5. The first-order valence-corrected chi connectivity index (χ1v) is 4.95. The second-order valence-electron chi connectivity index (χ2n) is 3.26. The summed E-state index contributed by atoms with van der Waals surface area (Å²) in [6.45, 7) is 0.692. The van der Waals surface area contributed by atoms with Crippen molar-refractivity contribution in [1.82, 2.24) is 15.0 Å². The second-order valence-corrected chi connectivity index (χ2v) is 3.26. The van der Waals surface area contributed by atoms with Crippen LogP contribution in [0.3, 0.4) is 0 Å². The summed E-state index contributed by atoms with van der Waals surface area (Å²) in [4.78, 5) is 11.6. The summed E-state index contributed by atoms with van der Waals surface area (Å²) >= 11 is 0. The lowest BCUT2D eigenvalue weighted by Gasteiger charge is -2.03. The molecule has 2 aromatic rings. The zero-order valence-corrected chi connectivity index (χ0v) is 8.60. The van der Waals surface area contributed by atoms with Crippen molar-refractivity contribution in [3.05, 3.63) is 48.3 Å². The molecule has 0 radical (unpaired) electrons. The molecule has 4 nitrogen and oxygen atoms in total. The van der Waals surface area contributed by atoms with E-state index in [0.717, 1.165) is 24.4 Å². The molecule has 0 fully saturated rings. The standard InChI is InChI=1S/C11H11FN4/c12-10-7-15-11(16-8-10)14-5-3-9-2-1-4-13-6-9/h1-2,4,6-8H,3,5H2,(H,14,15,16). The van der Waals surface area contributed by atoms with Gasteiger partial charge in [0.1, 0.15) is 0 Å². The summed E-state index contributed by atoms with van der Waals surface area (Å²) in [5.74, 6) is 0.00287. The number of rotatable bonds is 4. The van der Waals surface area contributed by atoms with Gasteiger partial charge in [-0.3, -0.25) is 4.98 Å². The first-order valence-electron chi connectivity index (χ1n) is 4.95. The van der Waals surface area contributed by atoms with Crippen molar-refractivity contribution in [2.24, 2.45) is 0 Å². The van der Waals surface area contributed by atoms with E-state index in [2.05, 4.69) is 20.3 Å². The molecule has 82 valence electrons. The van der Waals surface area contributed by atoms with Gasteiger partial charge >= 0.3 is 0 Å². The lowest BCUT2D eigenvalue weighted by Crippen LogP contribution is -2.07. The SMILES string of the molecule is Fc1cnc(NCCc2cccnc2)nc1. The van der Waals surface area contributed by atoms with E-state index in [1.54, 1.807) is 6.20 Å². The molecular formula is C11H11FN4. The van der Waals surface area contributed by atoms with Crippen LogP contribution in [-0.2, 0) is 6.42 Å². The molecule has 0 aliphatic carbocycles. The Balaban J connectivity index is 1.82. The van der Waals surface area contributed by atoms with Gasteiger partial charge in [-0.15, -0.1) is 0 Å². The lowest BCUT2D eigenvalue weighted by molar-refractivity contribution is 0.614. The van der Waals surface area contributed by atoms with Crippen LogP contribution in [0.25, 0.3) is 0 Å². The van der Waals surface area contributed by atoms with Gasteiger partial charge in [0.15, 0.2) is 5.82 Å². The Hall–Kier alpha value is -2.04. The van der Waals surface area contributed by atoms with Gasteiger partial charge in [-0.1, -0.05) is 6.07 Å². The van der Waals surface area contributed by atoms with Crippen LogP contribution in [0, 0.1) is 5.82 Å². The smallest absolute Gasteiger partial charge is 0.222 e. The summed E-state index contributed by atoms with van der Waals surface area (Å²) < 4.78 is 12.5. The predicted octanol–water partition coefficient (Wildman–Crippen LogP) is 1.67. The molecule has 0 amide bonds. The fourth-order valence-electron chi connectivity index (χ4n) is 1.27. The van der Waals surface area contributed by atoms with Crippen LogP contribution in [0.2, 0.25) is 0 Å². The molecule has 16 heavy (non-hydrogen) atoms. The Morgan fingerprint density at radius 2 is 2.00 bits per heavy atom. The lowest BCUT2D eigenvalue weighted by atomic mass is 10.2. The van der Waals surface area contributed by atoms with Crippen molar-refractivity contribution in [1.29, 1.82) is 0 Å². The van der Waals surface area contributed by atoms with Gasteiger partial charge in [0.2, 0.25) is 5.95 Å². The van der Waals surface area contributed by atoms with Crippen molar-refractivity contribution in [2.45, 2.75) is 6.42 Å². The highest BCUT2D eigenvalue weighted by molar-refractivity contribution is 5.23. The molecule has 5 heteroatoms. The minimum Gasteiger partial charge on any atom is -0.354 e. The Kier molecular flexibility index (Phi) is 3.38. The molecule has 0 spiro atoms. The number of halogens is 1. The van der Waals surface area contributed by atoms with E-state index in [0.29, 0.717) is 12.5 Å². The molecule has 2 heterocycles. The second kappa shape index (κ2) is 5.16. The zero-order chi connectivity index (χ0) is 11.2. The highest BCUT2D eigenvalue weighted by Crippen LogP contribution is 2.00. The highest BCUT2D eigenvalue weighted by Gasteiger charge is 1.96. The van der Waals surface area contributed by atoms with Crippen LogP contribution >= 0.6 is 0 Å². The Labute approximate surface area is 92.6 Å². The van der Waals surface area contributed by atoms with Crippen molar-refractivity contribution in [3.8, 4) is 0 Å². The van der Waals surface area contributed by atoms with Crippen molar-refractivity contribution in [3.63, 3.8) is 0 Å². The molecule has 0 bridgehead atoms. The Morgan fingerprint density at radius 1 is 1.19 bits per heavy atom. The van der Waals surface area contributed by atoms with Crippen LogP contribution in [0.1, 0.15) is 5.56 Å². The normalized spacial score (nSPS) is 10.1. The largest absolute Gasteiger partial charge is 0.354 e. The van der Waals surface area contributed by atoms with E-state index >= 15 is 0 Å². The third kappa shape index (κ3) is 2.98. The molecule has 0 saturated heterocycles. The molecule has 0 aromatic carbocycles. The Bertz CT molecular complexity index is 429. The van der Waals surface area contributed by atoms with Gasteiger partial charge in [-0.2, -0.15) is 0 Å². The first-order chi connectivity index (χ1) is 7.84. The third-order valence-corrected chi connectivity index (χ3v) is 2.04. The average Bonchev–Trinajstić information content (AvgIpc) is 2.33. The molecular weight excluding hydrogens is 207 g/mol. The molecule has 1 N–H and O–H groups in total. The zero-order valence-electron chi connectivity index (χ0n) is 8.60. The quantitative estimate of drug-likeness (QED) is 0.848. The minimum absolute atomic E-state index is 0.433. The van der Waals surface area contributed by atoms with Crippen LogP contribution in [0.5, 0.6) is 0 Å². The first kappa shape index (κ1) is 10.5. The molecule has 0 atom stereocenters. The average molecular weight is 218 g/mol. The number of nitrogens with one attached hydrogen (secondary N) is 1. The third-order valence-electron chi connectivity index (χ3n) is 2.04. The molecule has 0 saturated carbocycles. The summed E-state index contributed by atoms with van der Waals surface area (Å²) in [7, 11) is 0. The van der Waals surface area contributed by atoms with E-state index < -0.39 is 5.82 Å². The van der Waals surface area contributed by atoms with Gasteiger partial charge in [-0.25, -0.2) is 14.4 Å². The summed E-state index contributed by atoms with van der Waals surface area (Å²) in [5.41, 5.74) is 1.14. The number of aromatic nitrogens is 3. The molecule has 2 rings (SSSR count). The van der Waals surface area contributed by atoms with Gasteiger partial charge < -0.3 is 5.32 Å². The van der Waals surface area contributed by atoms with Gasteiger partial charge in [0.25, 0.3) is 0 Å². The van der Waals surface area contributed by atoms with Crippen LogP contribution in [-0.4, -0.2) is 21.5 Å². The molecule has 0 unspecified atom stereocenters. The van der Waals surface area contributed by atoms with Crippen LogP contribution in [0.4, 0.5) is 10.3 Å². The summed E-state index contributed by atoms with van der Waals surface area (Å²) in [6.07, 6.45) is 6.65. The van der Waals surface area contributed by atoms with Crippen molar-refractivity contribution in [2.75, 3.05) is 11.9 Å². The van der Waals surface area contributed by atoms with Gasteiger partial charge in [0.05, 0.1) is 12.4 Å². The van der Waals surface area contributed by atoms with Gasteiger partial charge in [0, 0.05) is 18.9 Å². The van der Waals surface area contributed by atoms with E-state index in [4.69, 9.17) is 0 Å². The number of hydrogen-bond acceptors (Lipinski definition) is 4. The Morgan fingerprint density at radius 3 is 2.69 bits per heavy atom. The predicted molar refractivity (Wildman–Crippen MR) is 58.4 cm³/mol. The summed E-state index contributed by atoms with van der Waals surface area (Å²) in [6, 6.07) is 3.89.